The number of aryl methyl sites for hydroxylation is 1. The summed E-state index contributed by atoms with van der Waals surface area (Å²) in [6, 6.07) is 7.21. The van der Waals surface area contributed by atoms with Gasteiger partial charge in [-0.2, -0.15) is 0 Å². The van der Waals surface area contributed by atoms with E-state index in [9.17, 15) is 9.90 Å². The molecular formula is C14H11Br2NO3S. The largest absolute Gasteiger partial charge is 0.419 e. The van der Waals surface area contributed by atoms with Crippen molar-refractivity contribution in [3.63, 3.8) is 0 Å². The van der Waals surface area contributed by atoms with Gasteiger partial charge in [-0.3, -0.25) is 4.57 Å². The second-order valence-electron chi connectivity index (χ2n) is 4.51. The van der Waals surface area contributed by atoms with Crippen LogP contribution in [0, 0.1) is 0 Å². The Morgan fingerprint density at radius 2 is 2.14 bits per heavy atom. The van der Waals surface area contributed by atoms with Crippen molar-refractivity contribution in [1.29, 1.82) is 0 Å². The summed E-state index contributed by atoms with van der Waals surface area (Å²) in [4.78, 5) is 12.5. The van der Waals surface area contributed by atoms with Crippen LogP contribution in [0.2, 0.25) is 0 Å². The summed E-state index contributed by atoms with van der Waals surface area (Å²) < 4.78 is 8.63. The molecule has 0 bridgehead atoms. The van der Waals surface area contributed by atoms with Gasteiger partial charge in [0.25, 0.3) is 0 Å². The first-order valence-electron chi connectivity index (χ1n) is 6.27. The van der Waals surface area contributed by atoms with E-state index in [1.807, 2.05) is 19.1 Å². The fraction of sp³-hybridized carbons (Fsp3) is 0.214. The maximum Gasteiger partial charge on any atom is 0.419 e. The third-order valence-corrected chi connectivity index (χ3v) is 6.57. The SMILES string of the molecule is CCn1c(=O)oc2cc(C(O)c3cc(Br)c(Br)s3)ccc21. The molecule has 0 fully saturated rings. The van der Waals surface area contributed by atoms with E-state index in [2.05, 4.69) is 31.9 Å². The lowest BCUT2D eigenvalue weighted by Crippen LogP contribution is -2.11. The lowest BCUT2D eigenvalue weighted by atomic mass is 10.1. The average Bonchev–Trinajstić information content (AvgIpc) is 2.96. The van der Waals surface area contributed by atoms with Crippen molar-refractivity contribution in [2.75, 3.05) is 0 Å². The molecule has 0 amide bonds. The molecule has 3 rings (SSSR count). The molecule has 0 saturated carbocycles. The number of aliphatic hydroxyl groups is 1. The monoisotopic (exact) mass is 431 g/mol. The van der Waals surface area contributed by atoms with Crippen molar-refractivity contribution < 1.29 is 9.52 Å². The zero-order valence-electron chi connectivity index (χ0n) is 11.0. The first kappa shape index (κ1) is 15.0. The zero-order chi connectivity index (χ0) is 15.1. The fourth-order valence-corrected chi connectivity index (χ4v) is 4.32. The lowest BCUT2D eigenvalue weighted by Gasteiger charge is -2.08. The predicted octanol–water partition coefficient (Wildman–Crippen LogP) is 4.28. The first-order valence-corrected chi connectivity index (χ1v) is 8.67. The molecule has 0 aliphatic heterocycles. The molecule has 1 N–H and O–H groups in total. The smallest absolute Gasteiger partial charge is 0.408 e. The quantitative estimate of drug-likeness (QED) is 0.671. The van der Waals surface area contributed by atoms with E-state index in [0.717, 1.165) is 18.7 Å². The summed E-state index contributed by atoms with van der Waals surface area (Å²) in [6.07, 6.45) is -0.753. The summed E-state index contributed by atoms with van der Waals surface area (Å²) in [6.45, 7) is 2.44. The van der Waals surface area contributed by atoms with Crippen molar-refractivity contribution in [3.8, 4) is 0 Å². The third-order valence-electron chi connectivity index (χ3n) is 3.26. The number of hydrogen-bond donors (Lipinski definition) is 1. The molecule has 1 unspecified atom stereocenters. The van der Waals surface area contributed by atoms with Crippen LogP contribution in [-0.2, 0) is 6.54 Å². The highest BCUT2D eigenvalue weighted by molar-refractivity contribution is 9.13. The van der Waals surface area contributed by atoms with Gasteiger partial charge in [-0.05, 0) is 62.5 Å². The van der Waals surface area contributed by atoms with Gasteiger partial charge in [0.2, 0.25) is 0 Å². The number of fused-ring (bicyclic) bond motifs is 1. The van der Waals surface area contributed by atoms with Gasteiger partial charge in [-0.1, -0.05) is 6.07 Å². The topological polar surface area (TPSA) is 55.4 Å². The highest BCUT2D eigenvalue weighted by atomic mass is 79.9. The predicted molar refractivity (Wildman–Crippen MR) is 89.9 cm³/mol. The van der Waals surface area contributed by atoms with Gasteiger partial charge in [0, 0.05) is 15.9 Å². The van der Waals surface area contributed by atoms with E-state index in [1.165, 1.54) is 11.3 Å². The molecule has 0 saturated heterocycles. The van der Waals surface area contributed by atoms with Crippen molar-refractivity contribution in [2.24, 2.45) is 0 Å². The Kier molecular flexibility index (Phi) is 4.09. The van der Waals surface area contributed by atoms with Gasteiger partial charge < -0.3 is 9.52 Å². The molecule has 21 heavy (non-hydrogen) atoms. The number of hydrogen-bond acceptors (Lipinski definition) is 4. The maximum absolute atomic E-state index is 11.7. The average molecular weight is 433 g/mol. The zero-order valence-corrected chi connectivity index (χ0v) is 15.0. The number of benzene rings is 1. The molecule has 1 aromatic carbocycles. The minimum absolute atomic E-state index is 0.374. The van der Waals surface area contributed by atoms with E-state index in [1.54, 1.807) is 16.7 Å². The maximum atomic E-state index is 11.7. The Balaban J connectivity index is 2.06. The fourth-order valence-electron chi connectivity index (χ4n) is 2.21. The van der Waals surface area contributed by atoms with Crippen LogP contribution >= 0.6 is 43.2 Å². The highest BCUT2D eigenvalue weighted by Crippen LogP contribution is 2.37. The summed E-state index contributed by atoms with van der Waals surface area (Å²) in [7, 11) is 0. The van der Waals surface area contributed by atoms with Gasteiger partial charge in [0.15, 0.2) is 5.58 Å². The van der Waals surface area contributed by atoms with Crippen LogP contribution in [0.5, 0.6) is 0 Å². The molecule has 0 aliphatic carbocycles. The van der Waals surface area contributed by atoms with Gasteiger partial charge in [-0.15, -0.1) is 11.3 Å². The van der Waals surface area contributed by atoms with Gasteiger partial charge in [-0.25, -0.2) is 4.79 Å². The second kappa shape index (κ2) is 5.72. The van der Waals surface area contributed by atoms with E-state index < -0.39 is 6.10 Å². The molecule has 0 radical (unpaired) electrons. The molecule has 110 valence electrons. The van der Waals surface area contributed by atoms with Crippen molar-refractivity contribution >= 4 is 54.3 Å². The van der Waals surface area contributed by atoms with Gasteiger partial charge >= 0.3 is 5.76 Å². The molecule has 1 atom stereocenters. The Bertz CT molecular complexity index is 845. The summed E-state index contributed by atoms with van der Waals surface area (Å²) in [5.41, 5.74) is 1.93. The van der Waals surface area contributed by atoms with Crippen LogP contribution < -0.4 is 5.76 Å². The minimum Gasteiger partial charge on any atom is -0.408 e. The first-order chi connectivity index (χ1) is 10.0. The molecule has 3 aromatic rings. The lowest BCUT2D eigenvalue weighted by molar-refractivity contribution is 0.224. The number of halogens is 2. The van der Waals surface area contributed by atoms with Crippen LogP contribution in [0.3, 0.4) is 0 Å². The van der Waals surface area contributed by atoms with Gasteiger partial charge in [0.1, 0.15) is 6.10 Å². The van der Waals surface area contributed by atoms with Crippen molar-refractivity contribution in [2.45, 2.75) is 19.6 Å². The van der Waals surface area contributed by atoms with Crippen LogP contribution in [0.15, 0.2) is 41.7 Å². The molecule has 0 aliphatic rings. The summed E-state index contributed by atoms with van der Waals surface area (Å²) >= 11 is 8.28. The molecule has 4 nitrogen and oxygen atoms in total. The standard InChI is InChI=1S/C14H11Br2NO3S/c1-2-17-9-4-3-7(5-10(9)20-14(17)19)12(18)11-6-8(15)13(16)21-11/h3-6,12,18H,2H2,1H3. The number of rotatable bonds is 3. The van der Waals surface area contributed by atoms with Crippen LogP contribution in [0.25, 0.3) is 11.1 Å². The Hall–Kier alpha value is -0.890. The van der Waals surface area contributed by atoms with Crippen LogP contribution in [0.4, 0.5) is 0 Å². The van der Waals surface area contributed by atoms with Crippen LogP contribution in [0.1, 0.15) is 23.5 Å². The van der Waals surface area contributed by atoms with Crippen LogP contribution in [-0.4, -0.2) is 9.67 Å². The van der Waals surface area contributed by atoms with Gasteiger partial charge in [0.05, 0.1) is 9.30 Å². The van der Waals surface area contributed by atoms with Crippen molar-refractivity contribution in [1.82, 2.24) is 4.57 Å². The molecule has 2 heterocycles. The number of nitrogens with zero attached hydrogens (tertiary/aromatic N) is 1. The molecular weight excluding hydrogens is 422 g/mol. The van der Waals surface area contributed by atoms with E-state index in [4.69, 9.17) is 4.42 Å². The Labute approximate surface area is 141 Å². The normalized spacial score (nSPS) is 13.0. The summed E-state index contributed by atoms with van der Waals surface area (Å²) in [5, 5.41) is 10.5. The number of oxazole rings is 1. The number of thiophene rings is 1. The Morgan fingerprint density at radius 3 is 2.76 bits per heavy atom. The second-order valence-corrected chi connectivity index (χ2v) is 7.77. The third kappa shape index (κ3) is 2.63. The molecule has 2 aromatic heterocycles. The number of aliphatic hydroxyl groups excluding tert-OH is 1. The molecule has 7 heteroatoms. The van der Waals surface area contributed by atoms with E-state index >= 15 is 0 Å². The highest BCUT2D eigenvalue weighted by Gasteiger charge is 2.17. The summed E-state index contributed by atoms with van der Waals surface area (Å²) in [5.74, 6) is -0.374. The van der Waals surface area contributed by atoms with E-state index in [-0.39, 0.29) is 5.76 Å². The number of aromatic nitrogens is 1. The van der Waals surface area contributed by atoms with Crippen molar-refractivity contribution in [3.05, 3.63) is 53.5 Å². The Morgan fingerprint density at radius 1 is 1.38 bits per heavy atom. The van der Waals surface area contributed by atoms with E-state index in [0.29, 0.717) is 17.7 Å². The minimum atomic E-state index is -0.753. The molecule has 0 spiro atoms.